The van der Waals surface area contributed by atoms with E-state index >= 15 is 0 Å². The molecular formula is C32H39N3O. The minimum absolute atomic E-state index is 0.0346. The molecular weight excluding hydrogens is 442 g/mol. The van der Waals surface area contributed by atoms with Crippen molar-refractivity contribution in [2.45, 2.75) is 64.3 Å². The molecule has 188 valence electrons. The van der Waals surface area contributed by atoms with Crippen LogP contribution in [-0.2, 0) is 10.3 Å². The molecule has 1 aromatic heterocycles. The largest absolute Gasteiger partial charge is 0.371 e. The number of benzene rings is 1. The third-order valence-corrected chi connectivity index (χ3v) is 8.12. The van der Waals surface area contributed by atoms with Crippen molar-refractivity contribution in [2.75, 3.05) is 19.6 Å². The lowest BCUT2D eigenvalue weighted by Gasteiger charge is -2.30. The number of nitrogens with zero attached hydrogens (tertiary/aromatic N) is 2. The predicted octanol–water partition coefficient (Wildman–Crippen LogP) is 6.57. The molecule has 4 heteroatoms. The van der Waals surface area contributed by atoms with Crippen LogP contribution in [0.5, 0.6) is 0 Å². The fourth-order valence-electron chi connectivity index (χ4n) is 5.71. The van der Waals surface area contributed by atoms with E-state index in [9.17, 15) is 4.79 Å². The van der Waals surface area contributed by atoms with Crippen molar-refractivity contribution in [3.05, 3.63) is 83.6 Å². The van der Waals surface area contributed by atoms with Crippen molar-refractivity contribution in [1.29, 1.82) is 0 Å². The molecule has 2 fully saturated rings. The van der Waals surface area contributed by atoms with Gasteiger partial charge in [0.25, 0.3) is 0 Å². The van der Waals surface area contributed by atoms with Gasteiger partial charge in [-0.1, -0.05) is 36.9 Å². The maximum absolute atomic E-state index is 12.6. The Balaban J connectivity index is 1.38. The summed E-state index contributed by atoms with van der Waals surface area (Å²) >= 11 is 0. The van der Waals surface area contributed by atoms with Gasteiger partial charge in [0.05, 0.1) is 5.69 Å². The Morgan fingerprint density at radius 2 is 2.06 bits per heavy atom. The van der Waals surface area contributed by atoms with E-state index in [4.69, 9.17) is 4.98 Å². The number of ketones is 1. The Morgan fingerprint density at radius 3 is 2.75 bits per heavy atom. The molecule has 1 saturated heterocycles. The molecule has 2 aromatic rings. The van der Waals surface area contributed by atoms with Crippen LogP contribution in [0.25, 0.3) is 17.0 Å². The van der Waals surface area contributed by atoms with Crippen LogP contribution in [-0.4, -0.2) is 35.3 Å². The van der Waals surface area contributed by atoms with Crippen LogP contribution in [0.15, 0.2) is 66.9 Å². The van der Waals surface area contributed by atoms with Crippen molar-refractivity contribution >= 4 is 11.5 Å². The van der Waals surface area contributed by atoms with E-state index in [2.05, 4.69) is 73.1 Å². The van der Waals surface area contributed by atoms with E-state index in [0.29, 0.717) is 11.7 Å². The second-order valence-electron chi connectivity index (χ2n) is 10.9. The average Bonchev–Trinajstić information content (AvgIpc) is 3.63. The van der Waals surface area contributed by atoms with Crippen LogP contribution in [0.4, 0.5) is 0 Å². The first kappa shape index (κ1) is 24.7. The van der Waals surface area contributed by atoms with Crippen molar-refractivity contribution < 1.29 is 4.79 Å². The van der Waals surface area contributed by atoms with Crippen molar-refractivity contribution in [3.63, 3.8) is 0 Å². The van der Waals surface area contributed by atoms with E-state index in [-0.39, 0.29) is 5.54 Å². The lowest BCUT2D eigenvalue weighted by Crippen LogP contribution is -2.33. The maximum Gasteiger partial charge on any atom is 0.161 e. The van der Waals surface area contributed by atoms with Crippen molar-refractivity contribution in [1.82, 2.24) is 15.2 Å². The standard InChI is InChI=1S/C32H39N3O/c1-4-8-30(35-19-5-9-24(10-6-20-35)31(36)25-13-14-25)28-21-26(12-11-23(28)2)29-16-15-27(22-33-29)32(3)17-7-18-34-32/h4,8-9,11-12,15-16,21-22,25,34H,1,5-7,10,13-14,17-20H2,2-3H3/b24-9-,30-8+. The quantitative estimate of drug-likeness (QED) is 0.454. The Labute approximate surface area is 216 Å². The molecule has 3 aliphatic rings. The fraction of sp³-hybridized carbons (Fsp3) is 0.438. The third kappa shape index (κ3) is 5.24. The summed E-state index contributed by atoms with van der Waals surface area (Å²) in [5.41, 5.74) is 8.16. The summed E-state index contributed by atoms with van der Waals surface area (Å²) in [6, 6.07) is 11.0. The summed E-state index contributed by atoms with van der Waals surface area (Å²) in [5.74, 6) is 0.721. The number of carbonyl (C=O) groups excluding carboxylic acids is 1. The highest BCUT2D eigenvalue weighted by atomic mass is 16.1. The van der Waals surface area contributed by atoms with Crippen LogP contribution in [0.1, 0.15) is 68.6 Å². The molecule has 0 bridgehead atoms. The summed E-state index contributed by atoms with van der Waals surface area (Å²) in [6.07, 6.45) is 15.6. The number of carbonyl (C=O) groups is 1. The predicted molar refractivity (Wildman–Crippen MR) is 148 cm³/mol. The first-order chi connectivity index (χ1) is 17.5. The third-order valence-electron chi connectivity index (χ3n) is 8.12. The molecule has 0 radical (unpaired) electrons. The normalized spacial score (nSPS) is 24.6. The monoisotopic (exact) mass is 481 g/mol. The Hall–Kier alpha value is -2.98. The number of rotatable bonds is 7. The van der Waals surface area contributed by atoms with Gasteiger partial charge in [-0.05, 0) is 100 Å². The van der Waals surface area contributed by atoms with E-state index in [0.717, 1.165) is 75.0 Å². The summed E-state index contributed by atoms with van der Waals surface area (Å²) in [4.78, 5) is 19.9. The molecule has 5 rings (SSSR count). The van der Waals surface area contributed by atoms with Gasteiger partial charge in [-0.25, -0.2) is 0 Å². The van der Waals surface area contributed by atoms with E-state index in [1.54, 1.807) is 0 Å². The molecule has 1 N–H and O–H groups in total. The van der Waals surface area contributed by atoms with Crippen LogP contribution < -0.4 is 5.32 Å². The highest BCUT2D eigenvalue weighted by molar-refractivity contribution is 5.98. The van der Waals surface area contributed by atoms with Gasteiger partial charge in [0.2, 0.25) is 0 Å². The van der Waals surface area contributed by atoms with Crippen LogP contribution in [0, 0.1) is 12.8 Å². The molecule has 2 aliphatic heterocycles. The van der Waals surface area contributed by atoms with Gasteiger partial charge in [0.1, 0.15) is 0 Å². The molecule has 1 aromatic carbocycles. The summed E-state index contributed by atoms with van der Waals surface area (Å²) < 4.78 is 0. The summed E-state index contributed by atoms with van der Waals surface area (Å²) in [5, 5.41) is 3.63. The zero-order valence-corrected chi connectivity index (χ0v) is 21.9. The molecule has 1 aliphatic carbocycles. The van der Waals surface area contributed by atoms with Gasteiger partial charge in [-0.2, -0.15) is 0 Å². The fourth-order valence-corrected chi connectivity index (χ4v) is 5.71. The van der Waals surface area contributed by atoms with Gasteiger partial charge in [-0.3, -0.25) is 9.78 Å². The van der Waals surface area contributed by atoms with Crippen LogP contribution in [0.3, 0.4) is 0 Å². The minimum atomic E-state index is 0.0346. The number of hydrogen-bond donors (Lipinski definition) is 1. The zero-order chi connectivity index (χ0) is 25.1. The van der Waals surface area contributed by atoms with Gasteiger partial charge >= 0.3 is 0 Å². The second kappa shape index (κ2) is 10.6. The van der Waals surface area contributed by atoms with E-state index in [1.807, 2.05) is 12.3 Å². The minimum Gasteiger partial charge on any atom is -0.371 e. The summed E-state index contributed by atoms with van der Waals surface area (Å²) in [7, 11) is 0. The van der Waals surface area contributed by atoms with Gasteiger partial charge < -0.3 is 10.2 Å². The lowest BCUT2D eigenvalue weighted by atomic mass is 9.91. The zero-order valence-electron chi connectivity index (χ0n) is 21.9. The van der Waals surface area contributed by atoms with Crippen LogP contribution >= 0.6 is 0 Å². The SMILES string of the molecule is C=C/C=C(\c1cc(-c2ccc(C3(C)CCCN3)cn2)ccc1C)N1CC/C=C(\C(=O)C2CC2)CCC1. The first-order valence-corrected chi connectivity index (χ1v) is 13.6. The molecule has 1 atom stereocenters. The van der Waals surface area contributed by atoms with Gasteiger partial charge in [-0.15, -0.1) is 0 Å². The Bertz CT molecular complexity index is 1180. The Kier molecular flexibility index (Phi) is 7.25. The van der Waals surface area contributed by atoms with Crippen molar-refractivity contribution in [2.24, 2.45) is 5.92 Å². The maximum atomic E-state index is 12.6. The topological polar surface area (TPSA) is 45.2 Å². The summed E-state index contributed by atoms with van der Waals surface area (Å²) in [6.45, 7) is 11.4. The number of Topliss-reactive ketones (excluding diaryl/α,β-unsaturated/α-hetero) is 1. The van der Waals surface area contributed by atoms with Gasteiger partial charge in [0, 0.05) is 47.6 Å². The molecule has 0 spiro atoms. The number of pyridine rings is 1. The average molecular weight is 482 g/mol. The molecule has 1 unspecified atom stereocenters. The van der Waals surface area contributed by atoms with Crippen molar-refractivity contribution in [3.8, 4) is 11.3 Å². The lowest BCUT2D eigenvalue weighted by molar-refractivity contribution is -0.116. The molecule has 4 nitrogen and oxygen atoms in total. The number of nitrogens with one attached hydrogen (secondary N) is 1. The number of aromatic nitrogens is 1. The second-order valence-corrected chi connectivity index (χ2v) is 10.9. The molecule has 3 heterocycles. The highest BCUT2D eigenvalue weighted by Gasteiger charge is 2.32. The number of hydrogen-bond acceptors (Lipinski definition) is 4. The molecule has 1 saturated carbocycles. The molecule has 0 amide bonds. The van der Waals surface area contributed by atoms with Gasteiger partial charge in [0.15, 0.2) is 5.78 Å². The van der Waals surface area contributed by atoms with E-state index in [1.165, 1.54) is 28.8 Å². The molecule has 36 heavy (non-hydrogen) atoms. The number of aryl methyl sites for hydroxylation is 1. The highest BCUT2D eigenvalue weighted by Crippen LogP contribution is 2.35. The van der Waals surface area contributed by atoms with Crippen LogP contribution in [0.2, 0.25) is 0 Å². The smallest absolute Gasteiger partial charge is 0.161 e. The Morgan fingerprint density at radius 1 is 1.19 bits per heavy atom. The first-order valence-electron chi connectivity index (χ1n) is 13.6. The number of allylic oxidation sites excluding steroid dienone is 3. The van der Waals surface area contributed by atoms with E-state index < -0.39 is 0 Å².